The Hall–Kier alpha value is -2.55. The number of aromatic nitrogens is 2. The molecule has 1 aliphatic rings. The number of carbonyl (C=O) groups is 1. The van der Waals surface area contributed by atoms with Crippen LogP contribution in [0.3, 0.4) is 0 Å². The lowest BCUT2D eigenvalue weighted by Crippen LogP contribution is -2.54. The van der Waals surface area contributed by atoms with Crippen molar-refractivity contribution in [3.8, 4) is 17.1 Å². The van der Waals surface area contributed by atoms with Gasteiger partial charge < -0.3 is 9.47 Å². The summed E-state index contributed by atoms with van der Waals surface area (Å²) in [4.78, 5) is 22.8. The van der Waals surface area contributed by atoms with Gasteiger partial charge in [-0.3, -0.25) is 10.3 Å². The van der Waals surface area contributed by atoms with E-state index in [4.69, 9.17) is 9.47 Å². The van der Waals surface area contributed by atoms with Crippen LogP contribution in [0.2, 0.25) is 0 Å². The first-order valence-electron chi connectivity index (χ1n) is 8.57. The molecule has 0 saturated carbocycles. The first-order chi connectivity index (χ1) is 12.7. The average molecular weight is 357 g/mol. The van der Waals surface area contributed by atoms with Gasteiger partial charge in [-0.2, -0.15) is 0 Å². The number of methoxy groups -OCH3 is 1. The Labute approximate surface area is 152 Å². The number of nitrogens with one attached hydrogen (secondary N) is 1. The van der Waals surface area contributed by atoms with Gasteiger partial charge in [-0.1, -0.05) is 30.3 Å². The zero-order valence-electron chi connectivity index (χ0n) is 14.8. The van der Waals surface area contributed by atoms with E-state index in [2.05, 4.69) is 20.3 Å². The molecule has 8 heteroatoms. The van der Waals surface area contributed by atoms with E-state index in [1.54, 1.807) is 7.11 Å². The van der Waals surface area contributed by atoms with Crippen LogP contribution in [-0.4, -0.2) is 72.4 Å². The number of rotatable bonds is 6. The minimum absolute atomic E-state index is 0.306. The summed E-state index contributed by atoms with van der Waals surface area (Å²) in [7, 11) is 1.70. The molecule has 1 aliphatic heterocycles. The monoisotopic (exact) mass is 357 g/mol. The predicted octanol–water partition coefficient (Wildman–Crippen LogP) is 1.41. The lowest BCUT2D eigenvalue weighted by atomic mass is 10.2. The molecule has 1 amide bonds. The largest absolute Gasteiger partial charge is 0.427 e. The Morgan fingerprint density at radius 1 is 1.12 bits per heavy atom. The summed E-state index contributed by atoms with van der Waals surface area (Å²) in [5, 5.41) is 1.85. The van der Waals surface area contributed by atoms with E-state index >= 15 is 0 Å². The van der Waals surface area contributed by atoms with E-state index in [0.29, 0.717) is 18.2 Å². The number of hydrazine groups is 1. The summed E-state index contributed by atoms with van der Waals surface area (Å²) in [6, 6.07) is 9.63. The van der Waals surface area contributed by atoms with Crippen LogP contribution in [0.25, 0.3) is 11.4 Å². The number of amides is 1. The molecule has 1 aromatic carbocycles. The van der Waals surface area contributed by atoms with Crippen LogP contribution in [0, 0.1) is 0 Å². The smallest absolute Gasteiger partial charge is 0.406 e. The maximum absolute atomic E-state index is 12.0. The summed E-state index contributed by atoms with van der Waals surface area (Å²) in [6.45, 7) is 4.84. The van der Waals surface area contributed by atoms with Crippen LogP contribution in [0.15, 0.2) is 42.7 Å². The van der Waals surface area contributed by atoms with E-state index in [1.165, 1.54) is 12.4 Å². The summed E-state index contributed by atoms with van der Waals surface area (Å²) in [5.41, 5.74) is 3.66. The molecule has 3 rings (SSSR count). The van der Waals surface area contributed by atoms with Crippen LogP contribution in [0.4, 0.5) is 4.79 Å². The number of nitrogens with zero attached hydrogens (tertiary/aromatic N) is 4. The molecule has 1 fully saturated rings. The van der Waals surface area contributed by atoms with Gasteiger partial charge >= 0.3 is 6.09 Å². The van der Waals surface area contributed by atoms with Crippen molar-refractivity contribution in [2.75, 3.05) is 46.4 Å². The Kier molecular flexibility index (Phi) is 6.48. The van der Waals surface area contributed by atoms with Gasteiger partial charge in [0.1, 0.15) is 0 Å². The fourth-order valence-electron chi connectivity index (χ4n) is 2.67. The van der Waals surface area contributed by atoms with E-state index in [9.17, 15) is 4.79 Å². The molecule has 0 unspecified atom stereocenters. The molecule has 8 nitrogen and oxygen atoms in total. The van der Waals surface area contributed by atoms with E-state index in [-0.39, 0.29) is 0 Å². The molecule has 0 bridgehead atoms. The highest BCUT2D eigenvalue weighted by molar-refractivity contribution is 5.69. The molecular weight excluding hydrogens is 334 g/mol. The first-order valence-corrected chi connectivity index (χ1v) is 8.57. The Bertz CT molecular complexity index is 688. The van der Waals surface area contributed by atoms with Crippen molar-refractivity contribution < 1.29 is 14.3 Å². The number of hydrogen-bond acceptors (Lipinski definition) is 7. The fraction of sp³-hybridized carbons (Fsp3) is 0.389. The van der Waals surface area contributed by atoms with E-state index < -0.39 is 6.09 Å². The molecule has 0 radical (unpaired) electrons. The van der Waals surface area contributed by atoms with Gasteiger partial charge in [0.05, 0.1) is 19.0 Å². The van der Waals surface area contributed by atoms with Crippen molar-refractivity contribution in [3.63, 3.8) is 0 Å². The standard InChI is InChI=1S/C18H23N5O3/c1-25-12-11-22-7-9-23(10-8-22)21-18(24)26-16-13-19-17(20-14-16)15-5-3-2-4-6-15/h2-6,13-14H,7-12H2,1H3,(H,21,24). The lowest BCUT2D eigenvalue weighted by Gasteiger charge is -2.34. The predicted molar refractivity (Wildman–Crippen MR) is 96.5 cm³/mol. The number of piperazine rings is 1. The molecule has 138 valence electrons. The second-order valence-corrected chi connectivity index (χ2v) is 5.93. The second kappa shape index (κ2) is 9.23. The second-order valence-electron chi connectivity index (χ2n) is 5.93. The Morgan fingerprint density at radius 2 is 1.81 bits per heavy atom. The lowest BCUT2D eigenvalue weighted by molar-refractivity contribution is 0.0693. The van der Waals surface area contributed by atoms with Crippen molar-refractivity contribution >= 4 is 6.09 Å². The van der Waals surface area contributed by atoms with Crippen molar-refractivity contribution in [2.24, 2.45) is 0 Å². The van der Waals surface area contributed by atoms with Crippen LogP contribution in [-0.2, 0) is 4.74 Å². The third-order valence-electron chi connectivity index (χ3n) is 4.10. The molecular formula is C18H23N5O3. The molecule has 0 atom stereocenters. The molecule has 2 aromatic rings. The highest BCUT2D eigenvalue weighted by Crippen LogP contribution is 2.15. The highest BCUT2D eigenvalue weighted by Gasteiger charge is 2.18. The maximum Gasteiger partial charge on any atom is 0.427 e. The van der Waals surface area contributed by atoms with Gasteiger partial charge in [0.15, 0.2) is 11.6 Å². The summed E-state index contributed by atoms with van der Waals surface area (Å²) in [6.07, 6.45) is 2.46. The van der Waals surface area contributed by atoms with Crippen LogP contribution in [0.1, 0.15) is 0 Å². The SMILES string of the molecule is COCCN1CCN(NC(=O)Oc2cnc(-c3ccccc3)nc2)CC1. The molecule has 1 N–H and O–H groups in total. The third kappa shape index (κ3) is 5.22. The molecule has 2 heterocycles. The van der Waals surface area contributed by atoms with Crippen molar-refractivity contribution in [3.05, 3.63) is 42.7 Å². The quantitative estimate of drug-likeness (QED) is 0.837. The first kappa shape index (κ1) is 18.2. The average Bonchev–Trinajstić information content (AvgIpc) is 2.69. The summed E-state index contributed by atoms with van der Waals surface area (Å²) < 4.78 is 10.3. The van der Waals surface area contributed by atoms with Gasteiger partial charge in [0, 0.05) is 45.4 Å². The van der Waals surface area contributed by atoms with Crippen LogP contribution in [0.5, 0.6) is 5.75 Å². The van der Waals surface area contributed by atoms with Crippen molar-refractivity contribution in [2.45, 2.75) is 0 Å². The third-order valence-corrected chi connectivity index (χ3v) is 4.10. The van der Waals surface area contributed by atoms with Gasteiger partial charge in [-0.15, -0.1) is 0 Å². The summed E-state index contributed by atoms with van der Waals surface area (Å²) >= 11 is 0. The van der Waals surface area contributed by atoms with Crippen LogP contribution >= 0.6 is 0 Å². The van der Waals surface area contributed by atoms with Gasteiger partial charge in [-0.25, -0.2) is 19.8 Å². The molecule has 0 aliphatic carbocycles. The molecule has 26 heavy (non-hydrogen) atoms. The minimum Gasteiger partial charge on any atom is -0.406 e. The van der Waals surface area contributed by atoms with Gasteiger partial charge in [-0.05, 0) is 0 Å². The molecule has 1 saturated heterocycles. The Morgan fingerprint density at radius 3 is 2.46 bits per heavy atom. The van der Waals surface area contributed by atoms with E-state index in [0.717, 1.165) is 38.3 Å². The van der Waals surface area contributed by atoms with E-state index in [1.807, 2.05) is 35.3 Å². The van der Waals surface area contributed by atoms with Gasteiger partial charge in [0.2, 0.25) is 0 Å². The van der Waals surface area contributed by atoms with Crippen molar-refractivity contribution in [1.29, 1.82) is 0 Å². The number of benzene rings is 1. The maximum atomic E-state index is 12.0. The highest BCUT2D eigenvalue weighted by atomic mass is 16.6. The zero-order chi connectivity index (χ0) is 18.2. The molecule has 0 spiro atoms. The fourth-order valence-corrected chi connectivity index (χ4v) is 2.67. The summed E-state index contributed by atoms with van der Waals surface area (Å²) in [5.74, 6) is 0.895. The molecule has 1 aromatic heterocycles. The van der Waals surface area contributed by atoms with Crippen molar-refractivity contribution in [1.82, 2.24) is 25.3 Å². The number of hydrogen-bond donors (Lipinski definition) is 1. The number of ether oxygens (including phenoxy) is 2. The van der Waals surface area contributed by atoms with Gasteiger partial charge in [0.25, 0.3) is 0 Å². The van der Waals surface area contributed by atoms with Crippen LogP contribution < -0.4 is 10.2 Å². The topological polar surface area (TPSA) is 79.8 Å². The Balaban J connectivity index is 1.45. The minimum atomic E-state index is -0.536. The normalized spacial score (nSPS) is 15.6. The zero-order valence-corrected chi connectivity index (χ0v) is 14.8. The number of carbonyl (C=O) groups excluding carboxylic acids is 1.